The Balaban J connectivity index is 2.61. The van der Waals surface area contributed by atoms with E-state index in [0.717, 1.165) is 0 Å². The van der Waals surface area contributed by atoms with Crippen LogP contribution in [0.2, 0.25) is 0 Å². The molecule has 1 N–H and O–H groups in total. The van der Waals surface area contributed by atoms with Crippen molar-refractivity contribution in [3.63, 3.8) is 0 Å². The zero-order valence-corrected chi connectivity index (χ0v) is 10.0. The van der Waals surface area contributed by atoms with Crippen LogP contribution in [-0.4, -0.2) is 31.1 Å². The predicted molar refractivity (Wildman–Crippen MR) is 59.9 cm³/mol. The molecular weight excluding hydrogens is 242 g/mol. The van der Waals surface area contributed by atoms with Gasteiger partial charge in [-0.3, -0.25) is 10.1 Å². The first kappa shape index (κ1) is 13.8. The topological polar surface area (TPSA) is 94.8 Å². The minimum Gasteiger partial charge on any atom is -0.460 e. The van der Waals surface area contributed by atoms with Crippen LogP contribution in [0.15, 0.2) is 16.5 Å². The Morgan fingerprint density at radius 3 is 2.44 bits per heavy atom. The van der Waals surface area contributed by atoms with Gasteiger partial charge in [0.2, 0.25) is 11.6 Å². The summed E-state index contributed by atoms with van der Waals surface area (Å²) in [4.78, 5) is 33.5. The fourth-order valence-electron chi connectivity index (χ4n) is 1.08. The summed E-state index contributed by atoms with van der Waals surface area (Å²) >= 11 is 0. The monoisotopic (exact) mass is 255 g/mol. The minimum atomic E-state index is -1.02. The average molecular weight is 255 g/mol. The molecule has 1 aromatic heterocycles. The lowest BCUT2D eigenvalue weighted by Gasteiger charge is -2.01. The fraction of sp³-hybridized carbons (Fsp3) is 0.364. The van der Waals surface area contributed by atoms with Gasteiger partial charge in [0, 0.05) is 6.07 Å². The van der Waals surface area contributed by atoms with Crippen molar-refractivity contribution in [1.29, 1.82) is 0 Å². The Bertz CT molecular complexity index is 450. The number of nitrogens with one attached hydrogen (secondary N) is 1. The number of carbonyl (C=O) groups excluding carboxylic acids is 3. The third-order valence-electron chi connectivity index (χ3n) is 1.78. The summed E-state index contributed by atoms with van der Waals surface area (Å²) in [6.07, 6.45) is 0. The Kier molecular flexibility index (Phi) is 4.91. The van der Waals surface area contributed by atoms with E-state index in [1.807, 2.05) is 0 Å². The SMILES string of the molecule is CCOC(=O)C(=O)Nc1ccc(C(=O)OCC)o1. The minimum absolute atomic E-state index is 0.0314. The molecule has 0 bridgehead atoms. The number of hydrogen-bond donors (Lipinski definition) is 1. The number of esters is 2. The second-order valence-corrected chi connectivity index (χ2v) is 3.06. The first-order valence-corrected chi connectivity index (χ1v) is 5.33. The number of amides is 1. The molecule has 1 heterocycles. The summed E-state index contributed by atoms with van der Waals surface area (Å²) in [7, 11) is 0. The van der Waals surface area contributed by atoms with E-state index in [4.69, 9.17) is 9.15 Å². The molecule has 0 saturated carbocycles. The van der Waals surface area contributed by atoms with E-state index in [1.165, 1.54) is 12.1 Å². The smallest absolute Gasteiger partial charge is 0.397 e. The molecule has 1 rings (SSSR count). The molecule has 0 aromatic carbocycles. The van der Waals surface area contributed by atoms with Gasteiger partial charge in [0.15, 0.2) is 0 Å². The molecule has 1 aromatic rings. The molecule has 0 fully saturated rings. The Morgan fingerprint density at radius 1 is 1.17 bits per heavy atom. The highest BCUT2D eigenvalue weighted by Crippen LogP contribution is 2.14. The van der Waals surface area contributed by atoms with Crippen LogP contribution in [0.3, 0.4) is 0 Å². The first-order chi connectivity index (χ1) is 8.58. The number of ether oxygens (including phenoxy) is 2. The molecule has 7 heteroatoms. The van der Waals surface area contributed by atoms with E-state index >= 15 is 0 Å². The number of anilines is 1. The molecule has 0 aliphatic rings. The van der Waals surface area contributed by atoms with E-state index in [9.17, 15) is 14.4 Å². The quantitative estimate of drug-likeness (QED) is 0.636. The summed E-state index contributed by atoms with van der Waals surface area (Å²) in [5, 5.41) is 2.16. The molecule has 98 valence electrons. The van der Waals surface area contributed by atoms with Crippen molar-refractivity contribution < 1.29 is 28.3 Å². The summed E-state index contributed by atoms with van der Waals surface area (Å²) in [6.45, 7) is 3.55. The summed E-state index contributed by atoms with van der Waals surface area (Å²) < 4.78 is 14.2. The van der Waals surface area contributed by atoms with Gasteiger partial charge in [0.05, 0.1) is 13.2 Å². The lowest BCUT2D eigenvalue weighted by molar-refractivity contribution is -0.152. The molecule has 0 atom stereocenters. The Hall–Kier alpha value is -2.31. The van der Waals surface area contributed by atoms with Crippen LogP contribution in [-0.2, 0) is 19.1 Å². The summed E-state index contributed by atoms with van der Waals surface area (Å²) in [5.41, 5.74) is 0. The zero-order chi connectivity index (χ0) is 13.5. The van der Waals surface area contributed by atoms with Gasteiger partial charge in [0.1, 0.15) is 0 Å². The van der Waals surface area contributed by atoms with Crippen LogP contribution in [0.5, 0.6) is 0 Å². The van der Waals surface area contributed by atoms with Crippen LogP contribution < -0.4 is 5.32 Å². The molecule has 7 nitrogen and oxygen atoms in total. The van der Waals surface area contributed by atoms with Crippen LogP contribution >= 0.6 is 0 Å². The van der Waals surface area contributed by atoms with Crippen LogP contribution in [0.25, 0.3) is 0 Å². The van der Waals surface area contributed by atoms with Crippen molar-refractivity contribution in [2.75, 3.05) is 18.5 Å². The maximum absolute atomic E-state index is 11.3. The van der Waals surface area contributed by atoms with Gasteiger partial charge >= 0.3 is 17.8 Å². The van der Waals surface area contributed by atoms with E-state index < -0.39 is 17.8 Å². The van der Waals surface area contributed by atoms with Gasteiger partial charge in [-0.05, 0) is 19.9 Å². The molecule has 1 amide bonds. The largest absolute Gasteiger partial charge is 0.460 e. The second kappa shape index (κ2) is 6.43. The van der Waals surface area contributed by atoms with Crippen molar-refractivity contribution in [3.05, 3.63) is 17.9 Å². The molecule has 0 radical (unpaired) electrons. The highest BCUT2D eigenvalue weighted by atomic mass is 16.5. The Labute approximate surface area is 103 Å². The zero-order valence-electron chi connectivity index (χ0n) is 10.0. The lowest BCUT2D eigenvalue weighted by Crippen LogP contribution is -2.24. The summed E-state index contributed by atoms with van der Waals surface area (Å²) in [5.74, 6) is -2.73. The maximum atomic E-state index is 11.3. The van der Waals surface area contributed by atoms with Crippen LogP contribution in [0, 0.1) is 0 Å². The van der Waals surface area contributed by atoms with Crippen molar-refractivity contribution in [3.8, 4) is 0 Å². The van der Waals surface area contributed by atoms with Gasteiger partial charge in [-0.1, -0.05) is 0 Å². The van der Waals surface area contributed by atoms with Gasteiger partial charge in [-0.25, -0.2) is 9.59 Å². The van der Waals surface area contributed by atoms with Gasteiger partial charge < -0.3 is 13.9 Å². The molecule has 18 heavy (non-hydrogen) atoms. The molecule has 0 aliphatic heterocycles. The third kappa shape index (κ3) is 3.62. The maximum Gasteiger partial charge on any atom is 0.397 e. The van der Waals surface area contributed by atoms with E-state index in [1.54, 1.807) is 13.8 Å². The molecular formula is C11H13NO6. The number of rotatable bonds is 4. The lowest BCUT2D eigenvalue weighted by atomic mass is 10.4. The number of furan rings is 1. The van der Waals surface area contributed by atoms with Crippen molar-refractivity contribution in [1.82, 2.24) is 0 Å². The number of carbonyl (C=O) groups is 3. The standard InChI is InChI=1S/C11H13NO6/c1-3-16-10(14)7-5-6-8(18-7)12-9(13)11(15)17-4-2/h5-6H,3-4H2,1-2H3,(H,12,13). The fourth-order valence-corrected chi connectivity index (χ4v) is 1.08. The highest BCUT2D eigenvalue weighted by molar-refractivity contribution is 6.37. The van der Waals surface area contributed by atoms with E-state index in [0.29, 0.717) is 0 Å². The van der Waals surface area contributed by atoms with Gasteiger partial charge in [-0.2, -0.15) is 0 Å². The van der Waals surface area contributed by atoms with E-state index in [-0.39, 0.29) is 24.9 Å². The molecule has 0 aliphatic carbocycles. The highest BCUT2D eigenvalue weighted by Gasteiger charge is 2.18. The van der Waals surface area contributed by atoms with Crippen LogP contribution in [0.1, 0.15) is 24.4 Å². The van der Waals surface area contributed by atoms with E-state index in [2.05, 4.69) is 10.1 Å². The third-order valence-corrected chi connectivity index (χ3v) is 1.78. The van der Waals surface area contributed by atoms with Crippen molar-refractivity contribution in [2.24, 2.45) is 0 Å². The molecule has 0 unspecified atom stereocenters. The second-order valence-electron chi connectivity index (χ2n) is 3.06. The first-order valence-electron chi connectivity index (χ1n) is 5.33. The normalized spacial score (nSPS) is 9.67. The van der Waals surface area contributed by atoms with Gasteiger partial charge in [-0.15, -0.1) is 0 Å². The molecule has 0 spiro atoms. The summed E-state index contributed by atoms with van der Waals surface area (Å²) in [6, 6.07) is 2.67. The van der Waals surface area contributed by atoms with Crippen molar-refractivity contribution in [2.45, 2.75) is 13.8 Å². The Morgan fingerprint density at radius 2 is 1.83 bits per heavy atom. The number of hydrogen-bond acceptors (Lipinski definition) is 6. The van der Waals surface area contributed by atoms with Crippen molar-refractivity contribution >= 4 is 23.7 Å². The predicted octanol–water partition coefficient (Wildman–Crippen LogP) is 0.958. The van der Waals surface area contributed by atoms with Gasteiger partial charge in [0.25, 0.3) is 0 Å². The average Bonchev–Trinajstić information content (AvgIpc) is 2.78. The molecule has 0 saturated heterocycles. The van der Waals surface area contributed by atoms with Crippen LogP contribution in [0.4, 0.5) is 5.88 Å².